The van der Waals surface area contributed by atoms with Crippen molar-refractivity contribution >= 4 is 15.9 Å². The molecule has 1 aliphatic rings. The summed E-state index contributed by atoms with van der Waals surface area (Å²) in [5.41, 5.74) is 1.05. The van der Waals surface area contributed by atoms with E-state index in [4.69, 9.17) is 0 Å². The largest absolute Gasteiger partial charge is 0.335 e. The molecule has 30 heavy (non-hydrogen) atoms. The number of hydrogen-bond donors (Lipinski definition) is 0. The topological polar surface area (TPSA) is 75.5 Å². The first-order chi connectivity index (χ1) is 14.4. The molecule has 0 atom stereocenters. The fraction of sp³-hybridized carbons (Fsp3) is 0.200. The van der Waals surface area contributed by atoms with E-state index in [0.717, 1.165) is 22.1 Å². The number of hydrogen-bond acceptors (Lipinski definition) is 4. The van der Waals surface area contributed by atoms with Crippen molar-refractivity contribution in [2.75, 3.05) is 26.2 Å². The first-order valence-electron chi connectivity index (χ1n) is 9.22. The number of carbonyl (C=O) groups is 1. The maximum atomic E-state index is 13.9. The lowest BCUT2D eigenvalue weighted by Gasteiger charge is -2.33. The van der Waals surface area contributed by atoms with Crippen molar-refractivity contribution in [1.82, 2.24) is 19.0 Å². The van der Waals surface area contributed by atoms with Gasteiger partial charge in [-0.3, -0.25) is 4.79 Å². The molecule has 1 fully saturated rings. The number of halogens is 2. The van der Waals surface area contributed by atoms with E-state index >= 15 is 0 Å². The number of para-hydroxylation sites is 1. The molecule has 7 nitrogen and oxygen atoms in total. The quantitative estimate of drug-likeness (QED) is 0.634. The van der Waals surface area contributed by atoms with Gasteiger partial charge in [0.15, 0.2) is 5.69 Å². The van der Waals surface area contributed by atoms with Crippen molar-refractivity contribution in [3.63, 3.8) is 0 Å². The molecule has 1 saturated heterocycles. The number of amides is 1. The normalized spacial score (nSPS) is 15.3. The van der Waals surface area contributed by atoms with Crippen LogP contribution in [0.15, 0.2) is 65.7 Å². The summed E-state index contributed by atoms with van der Waals surface area (Å²) in [6.45, 7) is 0.188. The Kier molecular flexibility index (Phi) is 5.35. The molecular formula is C20H18F2N4O3S. The zero-order valence-electron chi connectivity index (χ0n) is 15.8. The summed E-state index contributed by atoms with van der Waals surface area (Å²) in [6.07, 6.45) is 1.68. The van der Waals surface area contributed by atoms with Crippen LogP contribution in [0.4, 0.5) is 8.78 Å². The van der Waals surface area contributed by atoms with E-state index in [1.807, 2.05) is 30.3 Å². The van der Waals surface area contributed by atoms with Crippen molar-refractivity contribution in [3.05, 3.63) is 78.1 Å². The zero-order valence-corrected chi connectivity index (χ0v) is 16.6. The van der Waals surface area contributed by atoms with Crippen LogP contribution in [0.2, 0.25) is 0 Å². The molecule has 3 aromatic rings. The first kappa shape index (κ1) is 20.2. The predicted octanol–water partition coefficient (Wildman–Crippen LogP) is 2.30. The van der Waals surface area contributed by atoms with Crippen molar-refractivity contribution < 1.29 is 22.0 Å². The van der Waals surface area contributed by atoms with Gasteiger partial charge in [-0.2, -0.15) is 9.40 Å². The summed E-state index contributed by atoms with van der Waals surface area (Å²) < 4.78 is 55.3. The van der Waals surface area contributed by atoms with Gasteiger partial charge in [-0.15, -0.1) is 0 Å². The van der Waals surface area contributed by atoms with Crippen LogP contribution in [0.1, 0.15) is 10.5 Å². The first-order valence-corrected chi connectivity index (χ1v) is 10.7. The second-order valence-electron chi connectivity index (χ2n) is 6.75. The lowest BCUT2D eigenvalue weighted by Crippen LogP contribution is -2.50. The number of aromatic nitrogens is 2. The Balaban J connectivity index is 1.45. The van der Waals surface area contributed by atoms with Crippen LogP contribution < -0.4 is 0 Å². The predicted molar refractivity (Wildman–Crippen MR) is 105 cm³/mol. The average Bonchev–Trinajstić information content (AvgIpc) is 3.26. The standard InChI is InChI=1S/C20H18F2N4O3S/c21-15-6-7-17(22)19(14-15)30(28,29)25-12-10-24(11-13-25)20(27)18-8-9-26(23-18)16-4-2-1-3-5-16/h1-9,14H,10-13H2. The van der Waals surface area contributed by atoms with E-state index < -0.39 is 26.6 Å². The van der Waals surface area contributed by atoms with Gasteiger partial charge in [0.25, 0.3) is 5.91 Å². The van der Waals surface area contributed by atoms with Gasteiger partial charge in [0.05, 0.1) is 5.69 Å². The summed E-state index contributed by atoms with van der Waals surface area (Å²) in [5.74, 6) is -2.17. The minimum Gasteiger partial charge on any atom is -0.335 e. The summed E-state index contributed by atoms with van der Waals surface area (Å²) in [5, 5.41) is 4.29. The van der Waals surface area contributed by atoms with Crippen LogP contribution in [0.3, 0.4) is 0 Å². The Morgan fingerprint density at radius 1 is 0.933 bits per heavy atom. The van der Waals surface area contributed by atoms with Crippen LogP contribution in [0.5, 0.6) is 0 Å². The van der Waals surface area contributed by atoms with E-state index in [2.05, 4.69) is 5.10 Å². The Bertz CT molecular complexity index is 1170. The van der Waals surface area contributed by atoms with Crippen molar-refractivity contribution in [2.45, 2.75) is 4.90 Å². The number of carbonyl (C=O) groups excluding carboxylic acids is 1. The molecule has 1 aromatic heterocycles. The third-order valence-electron chi connectivity index (χ3n) is 4.87. The van der Waals surface area contributed by atoms with E-state index in [1.165, 1.54) is 4.90 Å². The molecule has 0 radical (unpaired) electrons. The second kappa shape index (κ2) is 7.96. The molecule has 4 rings (SSSR count). The molecule has 0 bridgehead atoms. The minimum absolute atomic E-state index is 0.0244. The SMILES string of the molecule is O=C(c1ccn(-c2ccccc2)n1)N1CCN(S(=O)(=O)c2cc(F)ccc2F)CC1. The molecule has 1 aliphatic heterocycles. The molecular weight excluding hydrogens is 414 g/mol. The summed E-state index contributed by atoms with van der Waals surface area (Å²) >= 11 is 0. The van der Waals surface area contributed by atoms with Gasteiger partial charge in [-0.05, 0) is 36.4 Å². The number of sulfonamides is 1. The Morgan fingerprint density at radius 3 is 2.33 bits per heavy atom. The van der Waals surface area contributed by atoms with Gasteiger partial charge in [0, 0.05) is 32.4 Å². The summed E-state index contributed by atoms with van der Waals surface area (Å²) in [4.78, 5) is 13.5. The Morgan fingerprint density at radius 2 is 1.63 bits per heavy atom. The van der Waals surface area contributed by atoms with Gasteiger partial charge >= 0.3 is 0 Å². The average molecular weight is 432 g/mol. The summed E-state index contributed by atoms with van der Waals surface area (Å²) in [7, 11) is -4.20. The van der Waals surface area contributed by atoms with Crippen molar-refractivity contribution in [3.8, 4) is 5.69 Å². The van der Waals surface area contributed by atoms with E-state index in [0.29, 0.717) is 6.07 Å². The molecule has 0 unspecified atom stereocenters. The van der Waals surface area contributed by atoms with Crippen LogP contribution in [0.25, 0.3) is 5.69 Å². The number of benzene rings is 2. The monoisotopic (exact) mass is 432 g/mol. The van der Waals surface area contributed by atoms with E-state index in [-0.39, 0.29) is 37.8 Å². The highest BCUT2D eigenvalue weighted by Gasteiger charge is 2.33. The highest BCUT2D eigenvalue weighted by Crippen LogP contribution is 2.22. The van der Waals surface area contributed by atoms with E-state index in [9.17, 15) is 22.0 Å². The molecule has 0 saturated carbocycles. The van der Waals surface area contributed by atoms with Crippen LogP contribution >= 0.6 is 0 Å². The number of rotatable bonds is 4. The molecule has 0 N–H and O–H groups in total. The molecule has 1 amide bonds. The van der Waals surface area contributed by atoms with Crippen molar-refractivity contribution in [2.24, 2.45) is 0 Å². The molecule has 10 heteroatoms. The number of piperazine rings is 1. The maximum Gasteiger partial charge on any atom is 0.274 e. The number of nitrogens with zero attached hydrogens (tertiary/aromatic N) is 4. The van der Waals surface area contributed by atoms with Gasteiger partial charge in [-0.1, -0.05) is 18.2 Å². The molecule has 0 spiro atoms. The van der Waals surface area contributed by atoms with E-state index in [1.54, 1.807) is 16.9 Å². The van der Waals surface area contributed by atoms with Gasteiger partial charge in [0.1, 0.15) is 16.5 Å². The molecule has 156 valence electrons. The highest BCUT2D eigenvalue weighted by molar-refractivity contribution is 7.89. The lowest BCUT2D eigenvalue weighted by atomic mass is 10.3. The fourth-order valence-corrected chi connectivity index (χ4v) is 4.77. The molecule has 2 heterocycles. The Hall–Kier alpha value is -3.11. The zero-order chi connectivity index (χ0) is 21.3. The second-order valence-corrected chi connectivity index (χ2v) is 8.66. The maximum absolute atomic E-state index is 13.9. The van der Waals surface area contributed by atoms with Crippen LogP contribution in [0, 0.1) is 11.6 Å². The third kappa shape index (κ3) is 3.83. The summed E-state index contributed by atoms with van der Waals surface area (Å²) in [6, 6.07) is 13.2. The molecule has 2 aromatic carbocycles. The van der Waals surface area contributed by atoms with Gasteiger partial charge < -0.3 is 4.90 Å². The van der Waals surface area contributed by atoms with Gasteiger partial charge in [0.2, 0.25) is 10.0 Å². The van der Waals surface area contributed by atoms with Crippen LogP contribution in [-0.4, -0.2) is 59.5 Å². The smallest absolute Gasteiger partial charge is 0.274 e. The highest BCUT2D eigenvalue weighted by atomic mass is 32.2. The fourth-order valence-electron chi connectivity index (χ4n) is 3.27. The Labute approximate surface area is 172 Å². The third-order valence-corrected chi connectivity index (χ3v) is 6.78. The molecule has 0 aliphatic carbocycles. The lowest BCUT2D eigenvalue weighted by molar-refractivity contribution is 0.0691. The van der Waals surface area contributed by atoms with Gasteiger partial charge in [-0.25, -0.2) is 21.9 Å². The minimum atomic E-state index is -4.20. The van der Waals surface area contributed by atoms with Crippen LogP contribution in [-0.2, 0) is 10.0 Å². The van der Waals surface area contributed by atoms with Crippen molar-refractivity contribution in [1.29, 1.82) is 0 Å².